The molecule has 0 aliphatic carbocycles. The van der Waals surface area contributed by atoms with E-state index in [0.29, 0.717) is 24.9 Å². The van der Waals surface area contributed by atoms with Gasteiger partial charge in [0.05, 0.1) is 0 Å². The number of thiophene rings is 1. The number of piperidine rings is 1. The molecule has 3 heterocycles. The lowest BCUT2D eigenvalue weighted by atomic mass is 9.91. The predicted molar refractivity (Wildman–Crippen MR) is 130 cm³/mol. The van der Waals surface area contributed by atoms with E-state index in [1.807, 2.05) is 52.6 Å². The van der Waals surface area contributed by atoms with Gasteiger partial charge in [0, 0.05) is 29.5 Å². The van der Waals surface area contributed by atoms with Crippen LogP contribution in [0.4, 0.5) is 9.59 Å². The molecular weight excluding hydrogens is 424 g/mol. The number of amides is 1. The summed E-state index contributed by atoms with van der Waals surface area (Å²) in [6.45, 7) is 19.2. The Bertz CT molecular complexity index is 996. The molecule has 0 radical (unpaired) electrons. The molecule has 6 nitrogen and oxygen atoms in total. The third-order valence-corrected chi connectivity index (χ3v) is 7.12. The second kappa shape index (κ2) is 8.73. The molecule has 1 aliphatic heterocycles. The van der Waals surface area contributed by atoms with Crippen LogP contribution in [0.25, 0.3) is 10.2 Å². The molecule has 178 valence electrons. The van der Waals surface area contributed by atoms with Crippen LogP contribution in [0.2, 0.25) is 0 Å². The average Bonchev–Trinajstić information content (AvgIpc) is 3.17. The molecule has 1 fully saturated rings. The quantitative estimate of drug-likeness (QED) is 0.480. The van der Waals surface area contributed by atoms with Gasteiger partial charge in [-0.15, -0.1) is 11.3 Å². The highest BCUT2D eigenvalue weighted by Gasteiger charge is 2.31. The molecule has 2 aromatic heterocycles. The van der Waals surface area contributed by atoms with Crippen LogP contribution >= 0.6 is 11.3 Å². The normalized spacial score (nSPS) is 16.1. The molecule has 0 N–H and O–H groups in total. The van der Waals surface area contributed by atoms with Crippen LogP contribution in [0.5, 0.6) is 0 Å². The molecule has 0 saturated carbocycles. The number of fused-ring (bicyclic) bond motifs is 1. The van der Waals surface area contributed by atoms with Crippen molar-refractivity contribution in [3.8, 4) is 0 Å². The van der Waals surface area contributed by atoms with Crippen molar-refractivity contribution in [2.75, 3.05) is 13.1 Å². The number of ether oxygens (including phenoxy) is 2. The van der Waals surface area contributed by atoms with Crippen molar-refractivity contribution in [2.45, 2.75) is 98.2 Å². The van der Waals surface area contributed by atoms with Gasteiger partial charge in [0.1, 0.15) is 16.0 Å². The van der Waals surface area contributed by atoms with Crippen molar-refractivity contribution in [3.63, 3.8) is 0 Å². The number of rotatable bonds is 2. The third kappa shape index (κ3) is 5.30. The first-order valence-electron chi connectivity index (χ1n) is 11.5. The van der Waals surface area contributed by atoms with Crippen LogP contribution in [0.1, 0.15) is 96.1 Å². The Morgan fingerprint density at radius 3 is 2.03 bits per heavy atom. The lowest BCUT2D eigenvalue weighted by Gasteiger charge is -2.33. The molecule has 1 aliphatic rings. The highest BCUT2D eigenvalue weighted by Crippen LogP contribution is 2.43. The molecule has 0 aromatic carbocycles. The van der Waals surface area contributed by atoms with E-state index >= 15 is 0 Å². The van der Waals surface area contributed by atoms with E-state index in [0.717, 1.165) is 17.7 Å². The lowest BCUT2D eigenvalue weighted by Crippen LogP contribution is -2.41. The fourth-order valence-electron chi connectivity index (χ4n) is 4.21. The minimum atomic E-state index is -0.546. The molecule has 7 heteroatoms. The summed E-state index contributed by atoms with van der Waals surface area (Å²) < 4.78 is 12.9. The number of likely N-dealkylation sites (tertiary alicyclic amines) is 1. The van der Waals surface area contributed by atoms with Crippen LogP contribution in [0, 0.1) is 6.92 Å². The van der Waals surface area contributed by atoms with Gasteiger partial charge in [-0.3, -0.25) is 0 Å². The van der Waals surface area contributed by atoms with Crippen molar-refractivity contribution < 1.29 is 19.1 Å². The fourth-order valence-corrected chi connectivity index (χ4v) is 5.68. The monoisotopic (exact) mass is 462 g/mol. The van der Waals surface area contributed by atoms with Gasteiger partial charge in [0.25, 0.3) is 0 Å². The Labute approximate surface area is 195 Å². The maximum absolute atomic E-state index is 12.9. The molecular formula is C25H38N2O4S. The van der Waals surface area contributed by atoms with Crippen molar-refractivity contribution >= 4 is 33.7 Å². The maximum atomic E-state index is 12.9. The van der Waals surface area contributed by atoms with E-state index in [-0.39, 0.29) is 12.2 Å². The van der Waals surface area contributed by atoms with Gasteiger partial charge in [0.15, 0.2) is 0 Å². The minimum absolute atomic E-state index is 0.234. The number of aromatic nitrogens is 1. The second-order valence-corrected chi connectivity index (χ2v) is 12.1. The summed E-state index contributed by atoms with van der Waals surface area (Å²) in [5, 5.41) is 1.18. The number of carbonyl (C=O) groups excluding carboxylic acids is 2. The number of nitrogens with zero attached hydrogens (tertiary/aromatic N) is 2. The second-order valence-electron chi connectivity index (χ2n) is 11.1. The van der Waals surface area contributed by atoms with Crippen LogP contribution in [-0.4, -0.2) is 45.9 Å². The molecule has 1 saturated heterocycles. The Morgan fingerprint density at radius 1 is 1.00 bits per heavy atom. The van der Waals surface area contributed by atoms with Crippen molar-refractivity contribution in [1.29, 1.82) is 0 Å². The Hall–Kier alpha value is -2.02. The highest BCUT2D eigenvalue weighted by atomic mass is 32.1. The first-order valence-corrected chi connectivity index (χ1v) is 12.3. The molecule has 0 spiro atoms. The molecule has 0 unspecified atom stereocenters. The first-order chi connectivity index (χ1) is 14.7. The third-order valence-electron chi connectivity index (χ3n) is 5.67. The van der Waals surface area contributed by atoms with E-state index in [4.69, 9.17) is 9.47 Å². The number of aryl methyl sites for hydroxylation is 1. The number of hydrogen-bond donors (Lipinski definition) is 0. The largest absolute Gasteiger partial charge is 0.444 e. The van der Waals surface area contributed by atoms with E-state index in [1.54, 1.807) is 15.9 Å². The summed E-state index contributed by atoms with van der Waals surface area (Å²) in [5.41, 5.74) is 1.41. The summed E-state index contributed by atoms with van der Waals surface area (Å²) in [7, 11) is 0. The zero-order chi connectivity index (χ0) is 24.0. The zero-order valence-electron chi connectivity index (χ0n) is 21.0. The van der Waals surface area contributed by atoms with Crippen LogP contribution in [-0.2, 0) is 9.47 Å². The Morgan fingerprint density at radius 2 is 1.53 bits per heavy atom. The fraction of sp³-hybridized carbons (Fsp3) is 0.680. The minimum Gasteiger partial charge on any atom is -0.444 e. The summed E-state index contributed by atoms with van der Waals surface area (Å²) >= 11 is 1.70. The molecule has 32 heavy (non-hydrogen) atoms. The summed E-state index contributed by atoms with van der Waals surface area (Å²) in [6.07, 6.45) is 3.17. The molecule has 3 rings (SSSR count). The molecule has 0 bridgehead atoms. The van der Waals surface area contributed by atoms with Crippen LogP contribution in [0.15, 0.2) is 6.20 Å². The number of hydrogen-bond acceptors (Lipinski definition) is 5. The van der Waals surface area contributed by atoms with Gasteiger partial charge >= 0.3 is 12.2 Å². The zero-order valence-corrected chi connectivity index (χ0v) is 21.8. The average molecular weight is 463 g/mol. The SMILES string of the molecule is Cc1c(C2CCN(C(=O)OC(C)(C)C)CC2)sc2c1c(C(C)C)cn2C(=O)OC(C)(C)C. The van der Waals surface area contributed by atoms with E-state index in [2.05, 4.69) is 20.8 Å². The van der Waals surface area contributed by atoms with E-state index in [1.165, 1.54) is 21.4 Å². The van der Waals surface area contributed by atoms with E-state index in [9.17, 15) is 9.59 Å². The highest BCUT2D eigenvalue weighted by molar-refractivity contribution is 7.19. The van der Waals surface area contributed by atoms with Gasteiger partial charge in [-0.1, -0.05) is 13.8 Å². The van der Waals surface area contributed by atoms with Crippen molar-refractivity contribution in [1.82, 2.24) is 9.47 Å². The summed E-state index contributed by atoms with van der Waals surface area (Å²) in [5.74, 6) is 0.675. The van der Waals surface area contributed by atoms with Gasteiger partial charge in [0.2, 0.25) is 0 Å². The summed E-state index contributed by atoms with van der Waals surface area (Å²) in [6, 6.07) is 0. The Kier molecular flexibility index (Phi) is 6.72. The van der Waals surface area contributed by atoms with Crippen LogP contribution in [0.3, 0.4) is 0 Å². The first kappa shape index (κ1) is 24.6. The molecule has 0 atom stereocenters. The molecule has 1 amide bonds. The Balaban J connectivity index is 1.87. The standard InChI is InChI=1S/C25H38N2O4S/c1-15(2)18-14-27(23(29)31-25(7,8)9)21-19(18)16(3)20(32-21)17-10-12-26(13-11-17)22(28)30-24(4,5)6/h14-15,17H,10-13H2,1-9H3. The topological polar surface area (TPSA) is 60.8 Å². The molecule has 2 aromatic rings. The van der Waals surface area contributed by atoms with E-state index < -0.39 is 11.2 Å². The van der Waals surface area contributed by atoms with Gasteiger partial charge in [-0.25, -0.2) is 14.2 Å². The lowest BCUT2D eigenvalue weighted by molar-refractivity contribution is 0.0205. The van der Waals surface area contributed by atoms with Gasteiger partial charge < -0.3 is 14.4 Å². The van der Waals surface area contributed by atoms with Crippen molar-refractivity contribution in [2.24, 2.45) is 0 Å². The van der Waals surface area contributed by atoms with Gasteiger partial charge in [-0.05, 0) is 84.3 Å². The smallest absolute Gasteiger partial charge is 0.419 e. The van der Waals surface area contributed by atoms with Crippen LogP contribution < -0.4 is 0 Å². The maximum Gasteiger partial charge on any atom is 0.419 e. The van der Waals surface area contributed by atoms with Crippen molar-refractivity contribution in [3.05, 3.63) is 22.2 Å². The van der Waals surface area contributed by atoms with Gasteiger partial charge in [-0.2, -0.15) is 0 Å². The predicted octanol–water partition coefficient (Wildman–Crippen LogP) is 7.03. The summed E-state index contributed by atoms with van der Waals surface area (Å²) in [4.78, 5) is 29.4. The number of carbonyl (C=O) groups is 2.